The van der Waals surface area contributed by atoms with Gasteiger partial charge in [-0.15, -0.1) is 0 Å². The van der Waals surface area contributed by atoms with E-state index in [4.69, 9.17) is 21.3 Å². The second-order valence-corrected chi connectivity index (χ2v) is 7.25. The molecular weight excluding hydrogens is 376 g/mol. The maximum Gasteiger partial charge on any atom is 0.227 e. The molecule has 0 aliphatic carbocycles. The highest BCUT2D eigenvalue weighted by atomic mass is 35.5. The van der Waals surface area contributed by atoms with E-state index in [0.29, 0.717) is 16.5 Å². The van der Waals surface area contributed by atoms with Gasteiger partial charge in [-0.05, 0) is 43.2 Å². The number of nitrogens with one attached hydrogen (secondary N) is 1. The normalized spacial score (nSPS) is 14.9. The van der Waals surface area contributed by atoms with Gasteiger partial charge < -0.3 is 15.0 Å². The maximum atomic E-state index is 12.7. The van der Waals surface area contributed by atoms with Crippen LogP contribution >= 0.6 is 11.6 Å². The van der Waals surface area contributed by atoms with Crippen molar-refractivity contribution in [2.45, 2.75) is 12.8 Å². The largest absolute Gasteiger partial charge is 0.495 e. The van der Waals surface area contributed by atoms with Gasteiger partial charge in [-0.2, -0.15) is 0 Å². The van der Waals surface area contributed by atoms with E-state index < -0.39 is 0 Å². The summed E-state index contributed by atoms with van der Waals surface area (Å²) in [6.07, 6.45) is 3.31. The average Bonchev–Trinajstić information content (AvgIpc) is 2.73. The van der Waals surface area contributed by atoms with Crippen molar-refractivity contribution >= 4 is 40.0 Å². The van der Waals surface area contributed by atoms with Crippen molar-refractivity contribution < 1.29 is 9.53 Å². The van der Waals surface area contributed by atoms with Gasteiger partial charge >= 0.3 is 0 Å². The molecule has 4 rings (SSSR count). The lowest BCUT2D eigenvalue weighted by molar-refractivity contribution is -0.120. The van der Waals surface area contributed by atoms with Crippen LogP contribution in [-0.4, -0.2) is 36.1 Å². The third-order valence-corrected chi connectivity index (χ3v) is 5.28. The van der Waals surface area contributed by atoms with E-state index in [1.165, 1.54) is 0 Å². The third-order valence-electron chi connectivity index (χ3n) is 5.04. The molecule has 0 saturated carbocycles. The monoisotopic (exact) mass is 396 g/mol. The molecule has 28 heavy (non-hydrogen) atoms. The van der Waals surface area contributed by atoms with Gasteiger partial charge in [-0.3, -0.25) is 9.78 Å². The van der Waals surface area contributed by atoms with Crippen molar-refractivity contribution in [2.75, 3.05) is 30.4 Å². The first kappa shape index (κ1) is 18.5. The Balaban J connectivity index is 1.40. The number of aromatic nitrogens is 2. The molecule has 144 valence electrons. The van der Waals surface area contributed by atoms with E-state index in [1.807, 2.05) is 24.3 Å². The van der Waals surface area contributed by atoms with Crippen LogP contribution in [0.25, 0.3) is 11.0 Å². The average molecular weight is 397 g/mol. The van der Waals surface area contributed by atoms with Gasteiger partial charge in [-0.25, -0.2) is 4.98 Å². The Morgan fingerprint density at radius 1 is 1.18 bits per heavy atom. The predicted molar refractivity (Wildman–Crippen MR) is 111 cm³/mol. The van der Waals surface area contributed by atoms with Crippen molar-refractivity contribution in [2.24, 2.45) is 5.92 Å². The molecule has 0 radical (unpaired) electrons. The summed E-state index contributed by atoms with van der Waals surface area (Å²) in [6, 6.07) is 13.0. The highest BCUT2D eigenvalue weighted by molar-refractivity contribution is 6.31. The van der Waals surface area contributed by atoms with E-state index in [1.54, 1.807) is 31.5 Å². The number of amides is 1. The summed E-state index contributed by atoms with van der Waals surface area (Å²) in [7, 11) is 1.57. The molecule has 1 fully saturated rings. The smallest absolute Gasteiger partial charge is 0.227 e. The Bertz CT molecular complexity index is 1000. The summed E-state index contributed by atoms with van der Waals surface area (Å²) in [4.78, 5) is 24.1. The number of hydrogen-bond acceptors (Lipinski definition) is 5. The Morgan fingerprint density at radius 3 is 2.68 bits per heavy atom. The summed E-state index contributed by atoms with van der Waals surface area (Å²) in [6.45, 7) is 1.52. The lowest BCUT2D eigenvalue weighted by atomic mass is 9.96. The summed E-state index contributed by atoms with van der Waals surface area (Å²) in [5, 5.41) is 3.51. The van der Waals surface area contributed by atoms with Crippen LogP contribution in [0, 0.1) is 5.92 Å². The number of para-hydroxylation sites is 2. The van der Waals surface area contributed by atoms with Crippen LogP contribution in [0.5, 0.6) is 5.75 Å². The molecule has 1 amide bonds. The molecule has 1 N–H and O–H groups in total. The summed E-state index contributed by atoms with van der Waals surface area (Å²) in [5.74, 6) is 1.38. The molecule has 1 saturated heterocycles. The Hall–Kier alpha value is -2.86. The van der Waals surface area contributed by atoms with Crippen molar-refractivity contribution in [1.82, 2.24) is 9.97 Å². The van der Waals surface area contributed by atoms with Crippen LogP contribution in [0.4, 0.5) is 11.5 Å². The number of hydrogen-bond donors (Lipinski definition) is 1. The van der Waals surface area contributed by atoms with Gasteiger partial charge in [-0.1, -0.05) is 23.7 Å². The van der Waals surface area contributed by atoms with E-state index >= 15 is 0 Å². The fourth-order valence-electron chi connectivity index (χ4n) is 3.48. The van der Waals surface area contributed by atoms with Crippen LogP contribution in [0.3, 0.4) is 0 Å². The van der Waals surface area contributed by atoms with Gasteiger partial charge in [0.05, 0.1) is 30.0 Å². The van der Waals surface area contributed by atoms with E-state index in [9.17, 15) is 4.79 Å². The number of rotatable bonds is 4. The quantitative estimate of drug-likeness (QED) is 0.717. The Labute approximate surface area is 168 Å². The van der Waals surface area contributed by atoms with E-state index in [2.05, 4.69) is 15.2 Å². The maximum absolute atomic E-state index is 12.7. The molecule has 2 heterocycles. The van der Waals surface area contributed by atoms with Crippen molar-refractivity contribution in [3.8, 4) is 5.75 Å². The lowest BCUT2D eigenvalue weighted by Gasteiger charge is -2.32. The first-order valence-corrected chi connectivity index (χ1v) is 9.63. The number of carbonyl (C=O) groups is 1. The molecule has 0 spiro atoms. The van der Waals surface area contributed by atoms with Gasteiger partial charge in [0, 0.05) is 24.0 Å². The zero-order valence-corrected chi connectivity index (χ0v) is 16.3. The molecule has 2 aromatic carbocycles. The van der Waals surface area contributed by atoms with Crippen molar-refractivity contribution in [3.63, 3.8) is 0 Å². The minimum atomic E-state index is -0.0617. The van der Waals surface area contributed by atoms with Crippen molar-refractivity contribution in [3.05, 3.63) is 53.7 Å². The minimum absolute atomic E-state index is 0.00943. The number of halogens is 1. The number of nitrogens with zero attached hydrogens (tertiary/aromatic N) is 3. The van der Waals surface area contributed by atoms with E-state index in [0.717, 1.165) is 42.8 Å². The third kappa shape index (κ3) is 3.87. The van der Waals surface area contributed by atoms with E-state index in [-0.39, 0.29) is 11.8 Å². The van der Waals surface area contributed by atoms with Crippen LogP contribution in [-0.2, 0) is 4.79 Å². The molecular formula is C21H21ClN4O2. The first-order chi connectivity index (χ1) is 13.6. The molecule has 3 aromatic rings. The number of fused-ring (bicyclic) bond motifs is 1. The second-order valence-electron chi connectivity index (χ2n) is 6.81. The number of piperidine rings is 1. The minimum Gasteiger partial charge on any atom is -0.495 e. The fourth-order valence-corrected chi connectivity index (χ4v) is 3.66. The summed E-state index contributed by atoms with van der Waals surface area (Å²) >= 11 is 6.05. The molecule has 0 atom stereocenters. The lowest BCUT2D eigenvalue weighted by Crippen LogP contribution is -2.38. The number of ether oxygens (including phenoxy) is 1. The highest BCUT2D eigenvalue weighted by Gasteiger charge is 2.26. The molecule has 0 bridgehead atoms. The predicted octanol–water partition coefficient (Wildman–Crippen LogP) is 4.15. The Morgan fingerprint density at radius 2 is 1.93 bits per heavy atom. The van der Waals surface area contributed by atoms with Crippen LogP contribution < -0.4 is 15.0 Å². The second kappa shape index (κ2) is 8.02. The topological polar surface area (TPSA) is 67.3 Å². The number of anilines is 2. The highest BCUT2D eigenvalue weighted by Crippen LogP contribution is 2.29. The zero-order valence-electron chi connectivity index (χ0n) is 15.6. The molecule has 1 aliphatic heterocycles. The molecule has 7 heteroatoms. The molecule has 1 aromatic heterocycles. The van der Waals surface area contributed by atoms with Gasteiger partial charge in [0.2, 0.25) is 5.91 Å². The SMILES string of the molecule is COc1ccc(Cl)cc1NC(=O)C1CCN(c2cnc3ccccc3n2)CC1. The fraction of sp³-hybridized carbons (Fsp3) is 0.286. The standard InChI is InChI=1S/C21H21ClN4O2/c1-28-19-7-6-15(22)12-18(19)25-21(27)14-8-10-26(11-9-14)20-13-23-16-4-2-3-5-17(16)24-20/h2-7,12-14H,8-11H2,1H3,(H,25,27). The zero-order chi connectivity index (χ0) is 19.5. The molecule has 0 unspecified atom stereocenters. The number of carbonyl (C=O) groups excluding carboxylic acids is 1. The number of benzene rings is 2. The van der Waals surface area contributed by atoms with Gasteiger partial charge in [0.1, 0.15) is 11.6 Å². The van der Waals surface area contributed by atoms with Gasteiger partial charge in [0.25, 0.3) is 0 Å². The molecule has 6 nitrogen and oxygen atoms in total. The van der Waals surface area contributed by atoms with Crippen molar-refractivity contribution in [1.29, 1.82) is 0 Å². The van der Waals surface area contributed by atoms with Crippen LogP contribution in [0.2, 0.25) is 5.02 Å². The van der Waals surface area contributed by atoms with Crippen LogP contribution in [0.15, 0.2) is 48.7 Å². The number of methoxy groups -OCH3 is 1. The summed E-state index contributed by atoms with van der Waals surface area (Å²) < 4.78 is 5.30. The van der Waals surface area contributed by atoms with Gasteiger partial charge in [0.15, 0.2) is 0 Å². The summed E-state index contributed by atoms with van der Waals surface area (Å²) in [5.41, 5.74) is 2.37. The Kier molecular flexibility index (Phi) is 5.30. The first-order valence-electron chi connectivity index (χ1n) is 9.25. The molecule has 1 aliphatic rings. The van der Waals surface area contributed by atoms with Crippen LogP contribution in [0.1, 0.15) is 12.8 Å².